The lowest BCUT2D eigenvalue weighted by molar-refractivity contribution is -0.120. The highest BCUT2D eigenvalue weighted by molar-refractivity contribution is 6.04. The summed E-state index contributed by atoms with van der Waals surface area (Å²) in [4.78, 5) is 26.6. The molecule has 2 heterocycles. The van der Waals surface area contributed by atoms with Crippen LogP contribution in [0.1, 0.15) is 78.1 Å². The second-order valence-electron chi connectivity index (χ2n) is 8.90. The van der Waals surface area contributed by atoms with Gasteiger partial charge < -0.3 is 15.1 Å². The Morgan fingerprint density at radius 1 is 1.14 bits per heavy atom. The maximum atomic E-state index is 13.0. The van der Waals surface area contributed by atoms with Gasteiger partial charge in [0.2, 0.25) is 11.9 Å². The fourth-order valence-corrected chi connectivity index (χ4v) is 5.41. The van der Waals surface area contributed by atoms with E-state index in [4.69, 9.17) is 4.98 Å². The largest absolute Gasteiger partial charge is 0.351 e. The van der Waals surface area contributed by atoms with Gasteiger partial charge in [-0.2, -0.15) is 4.98 Å². The lowest BCUT2D eigenvalue weighted by atomic mass is 9.85. The van der Waals surface area contributed by atoms with E-state index in [2.05, 4.69) is 29.0 Å². The van der Waals surface area contributed by atoms with Crippen molar-refractivity contribution in [2.75, 3.05) is 22.2 Å². The van der Waals surface area contributed by atoms with Crippen molar-refractivity contribution in [1.29, 1.82) is 0 Å². The Hall–Kier alpha value is -1.85. The first-order valence-electron chi connectivity index (χ1n) is 11.3. The van der Waals surface area contributed by atoms with Crippen LogP contribution in [0.2, 0.25) is 0 Å². The van der Waals surface area contributed by atoms with Crippen LogP contribution in [0.25, 0.3) is 0 Å². The highest BCUT2D eigenvalue weighted by atomic mass is 16.2. The molecule has 6 heteroatoms. The van der Waals surface area contributed by atoms with E-state index in [9.17, 15) is 4.79 Å². The number of hydrogen-bond donors (Lipinski definition) is 1. The molecule has 28 heavy (non-hydrogen) atoms. The first-order chi connectivity index (χ1) is 13.6. The zero-order valence-corrected chi connectivity index (χ0v) is 17.7. The number of nitrogens with zero attached hydrogens (tertiary/aromatic N) is 4. The molecule has 1 aromatic heterocycles. The molecule has 0 bridgehead atoms. The summed E-state index contributed by atoms with van der Waals surface area (Å²) in [5.74, 6) is 2.51. The van der Waals surface area contributed by atoms with Gasteiger partial charge in [0.05, 0.1) is 6.20 Å². The Balaban J connectivity index is 1.62. The summed E-state index contributed by atoms with van der Waals surface area (Å²) in [6.45, 7) is 4.37. The molecule has 1 aromatic rings. The standard InChI is InChI=1S/C22H35N5O/c1-4-18-21(28)26(3)19-14-23-22(24-15(2)16-10-6-5-7-11-16)25-20(19)27(18)17-12-8-9-13-17/h14-18H,4-13H2,1-3H3,(H,23,24,25). The van der Waals surface area contributed by atoms with Gasteiger partial charge in [-0.15, -0.1) is 0 Å². The Labute approximate surface area is 169 Å². The molecule has 0 saturated heterocycles. The van der Waals surface area contributed by atoms with E-state index in [1.54, 1.807) is 4.90 Å². The molecule has 2 aliphatic carbocycles. The SMILES string of the molecule is CCC1C(=O)N(C)c2cnc(NC(C)C3CCCCC3)nc2N1C1CCCC1. The average Bonchev–Trinajstić information content (AvgIpc) is 3.25. The predicted molar refractivity (Wildman–Crippen MR) is 114 cm³/mol. The van der Waals surface area contributed by atoms with E-state index in [0.717, 1.165) is 30.8 Å². The number of amides is 1. The number of fused-ring (bicyclic) bond motifs is 1. The third kappa shape index (κ3) is 3.58. The number of carbonyl (C=O) groups excluding carboxylic acids is 1. The van der Waals surface area contributed by atoms with Crippen LogP contribution < -0.4 is 15.1 Å². The fourth-order valence-electron chi connectivity index (χ4n) is 5.41. The molecule has 4 rings (SSSR count). The monoisotopic (exact) mass is 385 g/mol. The summed E-state index contributed by atoms with van der Waals surface area (Å²) in [6.07, 6.45) is 14.1. The minimum atomic E-state index is -0.112. The third-order valence-corrected chi connectivity index (χ3v) is 7.13. The average molecular weight is 386 g/mol. The van der Waals surface area contributed by atoms with Crippen molar-refractivity contribution in [3.63, 3.8) is 0 Å². The van der Waals surface area contributed by atoms with E-state index in [1.165, 1.54) is 44.9 Å². The minimum absolute atomic E-state index is 0.112. The molecular weight excluding hydrogens is 350 g/mol. The summed E-state index contributed by atoms with van der Waals surface area (Å²) < 4.78 is 0. The fraction of sp³-hybridized carbons (Fsp3) is 0.773. The third-order valence-electron chi connectivity index (χ3n) is 7.13. The summed E-state index contributed by atoms with van der Waals surface area (Å²) in [5, 5.41) is 3.58. The number of carbonyl (C=O) groups is 1. The van der Waals surface area contributed by atoms with Gasteiger partial charge >= 0.3 is 0 Å². The van der Waals surface area contributed by atoms with Crippen molar-refractivity contribution in [3.05, 3.63) is 6.20 Å². The van der Waals surface area contributed by atoms with Crippen molar-refractivity contribution in [2.24, 2.45) is 5.92 Å². The molecular formula is C22H35N5O. The number of hydrogen-bond acceptors (Lipinski definition) is 5. The second kappa shape index (κ2) is 8.26. The molecule has 2 atom stereocenters. The lowest BCUT2D eigenvalue weighted by Crippen LogP contribution is -2.55. The van der Waals surface area contributed by atoms with Crippen molar-refractivity contribution < 1.29 is 4.79 Å². The van der Waals surface area contributed by atoms with Gasteiger partial charge in [-0.1, -0.05) is 39.0 Å². The minimum Gasteiger partial charge on any atom is -0.351 e. The highest BCUT2D eigenvalue weighted by Gasteiger charge is 2.41. The van der Waals surface area contributed by atoms with E-state index in [0.29, 0.717) is 23.9 Å². The molecule has 1 N–H and O–H groups in total. The highest BCUT2D eigenvalue weighted by Crippen LogP contribution is 2.40. The maximum Gasteiger partial charge on any atom is 0.249 e. The molecule has 0 aromatic carbocycles. The van der Waals surface area contributed by atoms with Crippen LogP contribution in [0.4, 0.5) is 17.5 Å². The zero-order chi connectivity index (χ0) is 19.7. The Bertz CT molecular complexity index is 696. The Morgan fingerprint density at radius 2 is 1.82 bits per heavy atom. The van der Waals surface area contributed by atoms with E-state index < -0.39 is 0 Å². The lowest BCUT2D eigenvalue weighted by Gasteiger charge is -2.43. The molecule has 3 aliphatic rings. The summed E-state index contributed by atoms with van der Waals surface area (Å²) in [5.41, 5.74) is 0.845. The van der Waals surface area contributed by atoms with Crippen LogP contribution in [0.5, 0.6) is 0 Å². The van der Waals surface area contributed by atoms with Crippen molar-refractivity contribution >= 4 is 23.4 Å². The van der Waals surface area contributed by atoms with Gasteiger partial charge in [0.15, 0.2) is 5.82 Å². The van der Waals surface area contributed by atoms with Crippen molar-refractivity contribution in [1.82, 2.24) is 9.97 Å². The number of likely N-dealkylation sites (N-methyl/N-ethyl adjacent to an activating group) is 1. The first-order valence-corrected chi connectivity index (χ1v) is 11.3. The smallest absolute Gasteiger partial charge is 0.249 e. The molecule has 0 spiro atoms. The Morgan fingerprint density at radius 3 is 2.50 bits per heavy atom. The Kier molecular flexibility index (Phi) is 5.74. The summed E-state index contributed by atoms with van der Waals surface area (Å²) >= 11 is 0. The van der Waals surface area contributed by atoms with E-state index in [1.807, 2.05) is 13.2 Å². The van der Waals surface area contributed by atoms with Crippen LogP contribution in [0.3, 0.4) is 0 Å². The van der Waals surface area contributed by atoms with Crippen LogP contribution in [-0.4, -0.2) is 41.0 Å². The van der Waals surface area contributed by atoms with Crippen LogP contribution >= 0.6 is 0 Å². The van der Waals surface area contributed by atoms with Gasteiger partial charge in [0.25, 0.3) is 0 Å². The summed E-state index contributed by atoms with van der Waals surface area (Å²) in [6, 6.07) is 0.683. The predicted octanol–water partition coefficient (Wildman–Crippen LogP) is 4.36. The molecule has 2 unspecified atom stereocenters. The van der Waals surface area contributed by atoms with Gasteiger partial charge in [-0.3, -0.25) is 4.79 Å². The summed E-state index contributed by atoms with van der Waals surface area (Å²) in [7, 11) is 1.86. The molecule has 6 nitrogen and oxygen atoms in total. The topological polar surface area (TPSA) is 61.4 Å². The van der Waals surface area contributed by atoms with Crippen LogP contribution in [-0.2, 0) is 4.79 Å². The van der Waals surface area contributed by atoms with Gasteiger partial charge in [-0.25, -0.2) is 4.98 Å². The van der Waals surface area contributed by atoms with Crippen molar-refractivity contribution in [3.8, 4) is 0 Å². The number of rotatable bonds is 5. The number of anilines is 3. The van der Waals surface area contributed by atoms with Gasteiger partial charge in [0.1, 0.15) is 11.7 Å². The molecule has 2 saturated carbocycles. The molecule has 1 amide bonds. The van der Waals surface area contributed by atoms with E-state index in [-0.39, 0.29) is 11.9 Å². The molecule has 1 aliphatic heterocycles. The molecule has 2 fully saturated rings. The maximum absolute atomic E-state index is 13.0. The zero-order valence-electron chi connectivity index (χ0n) is 17.7. The number of nitrogens with one attached hydrogen (secondary N) is 1. The van der Waals surface area contributed by atoms with Crippen LogP contribution in [0.15, 0.2) is 6.20 Å². The first kappa shape index (κ1) is 19.5. The second-order valence-corrected chi connectivity index (χ2v) is 8.90. The van der Waals surface area contributed by atoms with Crippen molar-refractivity contribution in [2.45, 2.75) is 96.2 Å². The quantitative estimate of drug-likeness (QED) is 0.816. The normalized spacial score (nSPS) is 25.1. The number of aromatic nitrogens is 2. The van der Waals surface area contributed by atoms with Crippen LogP contribution in [0, 0.1) is 5.92 Å². The van der Waals surface area contributed by atoms with Gasteiger partial charge in [0, 0.05) is 19.1 Å². The van der Waals surface area contributed by atoms with Gasteiger partial charge in [-0.05, 0) is 44.9 Å². The molecule has 154 valence electrons. The molecule has 0 radical (unpaired) electrons. The van der Waals surface area contributed by atoms with E-state index >= 15 is 0 Å².